The van der Waals surface area contributed by atoms with Gasteiger partial charge >= 0.3 is 0 Å². The Hall–Kier alpha value is -3.07. The van der Waals surface area contributed by atoms with Gasteiger partial charge in [0.1, 0.15) is 18.0 Å². The van der Waals surface area contributed by atoms with Crippen LogP contribution in [0.5, 0.6) is 0 Å². The Kier molecular flexibility index (Phi) is 11.2. The average Bonchev–Trinajstić information content (AvgIpc) is 2.77. The molecule has 9 heteroatoms. The maximum absolute atomic E-state index is 12.4. The zero-order valence-corrected chi connectivity index (χ0v) is 19.1. The highest BCUT2D eigenvalue weighted by Gasteiger charge is 2.28. The van der Waals surface area contributed by atoms with Crippen LogP contribution >= 0.6 is 0 Å². The minimum atomic E-state index is -0.481. The summed E-state index contributed by atoms with van der Waals surface area (Å²) < 4.78 is 5.34. The summed E-state index contributed by atoms with van der Waals surface area (Å²) in [5.41, 5.74) is 1.31. The molecule has 180 valence electrons. The molecule has 1 atom stereocenters. The minimum absolute atomic E-state index is 0.0435. The predicted molar refractivity (Wildman–Crippen MR) is 122 cm³/mol. The highest BCUT2D eigenvalue weighted by atomic mass is 16.5. The van der Waals surface area contributed by atoms with Crippen LogP contribution in [0.15, 0.2) is 24.3 Å². The highest BCUT2D eigenvalue weighted by Crippen LogP contribution is 2.23. The molecule has 0 heterocycles. The lowest BCUT2D eigenvalue weighted by molar-refractivity contribution is -0.134. The molecule has 9 nitrogen and oxygen atoms in total. The van der Waals surface area contributed by atoms with Crippen LogP contribution < -0.4 is 16.0 Å². The molecule has 1 saturated carbocycles. The van der Waals surface area contributed by atoms with E-state index in [1.807, 2.05) is 0 Å². The predicted octanol–water partition coefficient (Wildman–Crippen LogP) is 1.55. The van der Waals surface area contributed by atoms with Crippen molar-refractivity contribution in [3.05, 3.63) is 29.8 Å². The fourth-order valence-corrected chi connectivity index (χ4v) is 3.57. The largest absolute Gasteiger partial charge is 0.380 e. The minimum Gasteiger partial charge on any atom is -0.380 e. The summed E-state index contributed by atoms with van der Waals surface area (Å²) in [5, 5.41) is 7.93. The fourth-order valence-electron chi connectivity index (χ4n) is 3.57. The van der Waals surface area contributed by atoms with Crippen molar-refractivity contribution in [1.29, 1.82) is 0 Å². The molecule has 2 rings (SSSR count). The van der Waals surface area contributed by atoms with E-state index in [0.29, 0.717) is 51.3 Å². The van der Waals surface area contributed by atoms with Gasteiger partial charge in [-0.3, -0.25) is 24.0 Å². The molecule has 0 spiro atoms. The molecule has 0 bridgehead atoms. The number of amides is 3. The Morgan fingerprint density at radius 2 is 1.73 bits per heavy atom. The third-order valence-electron chi connectivity index (χ3n) is 5.29. The Morgan fingerprint density at radius 1 is 0.970 bits per heavy atom. The van der Waals surface area contributed by atoms with Crippen molar-refractivity contribution in [3.8, 4) is 0 Å². The van der Waals surface area contributed by atoms with E-state index in [9.17, 15) is 24.0 Å². The fraction of sp³-hybridized carbons (Fsp3) is 0.542. The van der Waals surface area contributed by atoms with Crippen LogP contribution in [0, 0.1) is 5.92 Å². The Balaban J connectivity index is 1.62. The summed E-state index contributed by atoms with van der Waals surface area (Å²) in [5.74, 6) is -1.43. The van der Waals surface area contributed by atoms with Gasteiger partial charge in [0.2, 0.25) is 17.7 Å². The van der Waals surface area contributed by atoms with Gasteiger partial charge in [-0.1, -0.05) is 18.6 Å². The van der Waals surface area contributed by atoms with E-state index in [-0.39, 0.29) is 30.3 Å². The number of hydrogen-bond donors (Lipinski definition) is 3. The van der Waals surface area contributed by atoms with Crippen molar-refractivity contribution in [2.24, 2.45) is 5.92 Å². The molecule has 1 unspecified atom stereocenters. The van der Waals surface area contributed by atoms with E-state index in [0.717, 1.165) is 18.4 Å². The zero-order valence-electron chi connectivity index (χ0n) is 19.1. The first-order chi connectivity index (χ1) is 15.8. The van der Waals surface area contributed by atoms with Crippen LogP contribution in [0.3, 0.4) is 0 Å². The molecule has 3 N–H and O–H groups in total. The molecular formula is C24H33N3O6. The van der Waals surface area contributed by atoms with E-state index < -0.39 is 17.7 Å². The maximum Gasteiger partial charge on any atom is 0.233 e. The number of anilines is 1. The molecule has 3 amide bonds. The number of carbonyl (C=O) groups is 5. The molecule has 33 heavy (non-hydrogen) atoms. The van der Waals surface area contributed by atoms with Gasteiger partial charge in [0.25, 0.3) is 0 Å². The van der Waals surface area contributed by atoms with Gasteiger partial charge in [0, 0.05) is 45.1 Å². The number of ketones is 2. The lowest BCUT2D eigenvalue weighted by Crippen LogP contribution is -2.31. The number of Topliss-reactive ketones (excluding diaryl/α,β-unsaturated/α-hetero) is 2. The molecular weight excluding hydrogens is 426 g/mol. The lowest BCUT2D eigenvalue weighted by atomic mass is 9.83. The van der Waals surface area contributed by atoms with Gasteiger partial charge in [0.05, 0.1) is 12.5 Å². The van der Waals surface area contributed by atoms with Gasteiger partial charge < -0.3 is 20.7 Å². The molecule has 1 aliphatic rings. The van der Waals surface area contributed by atoms with Crippen molar-refractivity contribution in [2.75, 3.05) is 31.6 Å². The summed E-state index contributed by atoms with van der Waals surface area (Å²) >= 11 is 0. The molecule has 0 aliphatic heterocycles. The van der Waals surface area contributed by atoms with E-state index in [1.165, 1.54) is 6.92 Å². The molecule has 0 saturated heterocycles. The molecule has 1 fully saturated rings. The van der Waals surface area contributed by atoms with Crippen LogP contribution in [0.1, 0.15) is 51.0 Å². The third kappa shape index (κ3) is 10.4. The molecule has 1 aromatic carbocycles. The second-order valence-corrected chi connectivity index (χ2v) is 8.13. The quantitative estimate of drug-likeness (QED) is 0.303. The van der Waals surface area contributed by atoms with E-state index in [1.54, 1.807) is 24.3 Å². The van der Waals surface area contributed by atoms with Crippen molar-refractivity contribution < 1.29 is 28.7 Å². The Morgan fingerprint density at radius 3 is 2.42 bits per heavy atom. The van der Waals surface area contributed by atoms with Crippen LogP contribution in [-0.4, -0.2) is 55.6 Å². The lowest BCUT2D eigenvalue weighted by Gasteiger charge is -2.19. The second kappa shape index (κ2) is 14.2. The van der Waals surface area contributed by atoms with E-state index >= 15 is 0 Å². The number of nitrogens with one attached hydrogen (secondary N) is 3. The van der Waals surface area contributed by atoms with Gasteiger partial charge in [-0.2, -0.15) is 0 Å². The summed E-state index contributed by atoms with van der Waals surface area (Å²) in [6.07, 6.45) is 3.47. The molecule has 0 aromatic heterocycles. The second-order valence-electron chi connectivity index (χ2n) is 8.13. The summed E-state index contributed by atoms with van der Waals surface area (Å²) in [6, 6.07) is 6.83. The number of carbonyl (C=O) groups excluding carboxylic acids is 5. The first-order valence-electron chi connectivity index (χ1n) is 11.4. The molecule has 1 aliphatic carbocycles. The van der Waals surface area contributed by atoms with Gasteiger partial charge in [-0.15, -0.1) is 0 Å². The summed E-state index contributed by atoms with van der Waals surface area (Å²) in [6.45, 7) is 3.07. The Bertz CT molecular complexity index is 837. The van der Waals surface area contributed by atoms with Crippen molar-refractivity contribution in [1.82, 2.24) is 10.6 Å². The van der Waals surface area contributed by atoms with Crippen molar-refractivity contribution in [3.63, 3.8) is 0 Å². The maximum atomic E-state index is 12.4. The smallest absolute Gasteiger partial charge is 0.233 e. The summed E-state index contributed by atoms with van der Waals surface area (Å²) in [4.78, 5) is 59.0. The molecule has 1 aromatic rings. The third-order valence-corrected chi connectivity index (χ3v) is 5.29. The number of hydrogen-bond acceptors (Lipinski definition) is 6. The van der Waals surface area contributed by atoms with Gasteiger partial charge in [0.15, 0.2) is 0 Å². The standard InChI is InChI=1S/C24H33N3O6/c1-17(28)25-11-4-13-33-14-12-26-23(31)16-24(32)27-19-9-7-18(8-10-19)15-22(30)20-5-2-3-6-21(20)29/h7-10,20H,2-6,11-16H2,1H3,(H,25,28)(H,26,31)(H,27,32). The van der Waals surface area contributed by atoms with Crippen LogP contribution in [-0.2, 0) is 35.1 Å². The monoisotopic (exact) mass is 459 g/mol. The highest BCUT2D eigenvalue weighted by molar-refractivity contribution is 6.04. The van der Waals surface area contributed by atoms with Crippen molar-refractivity contribution >= 4 is 35.0 Å². The first-order valence-corrected chi connectivity index (χ1v) is 11.4. The normalized spacial score (nSPS) is 15.5. The topological polar surface area (TPSA) is 131 Å². The van der Waals surface area contributed by atoms with E-state index in [4.69, 9.17) is 4.74 Å². The van der Waals surface area contributed by atoms with E-state index in [2.05, 4.69) is 16.0 Å². The van der Waals surface area contributed by atoms with Crippen LogP contribution in [0.2, 0.25) is 0 Å². The molecule has 0 radical (unpaired) electrons. The first kappa shape index (κ1) is 26.2. The number of ether oxygens (including phenoxy) is 1. The van der Waals surface area contributed by atoms with Crippen LogP contribution in [0.25, 0.3) is 0 Å². The zero-order chi connectivity index (χ0) is 24.1. The summed E-state index contributed by atoms with van der Waals surface area (Å²) in [7, 11) is 0. The SMILES string of the molecule is CC(=O)NCCCOCCNC(=O)CC(=O)Nc1ccc(CC(=O)C2CCCCC2=O)cc1. The van der Waals surface area contributed by atoms with Gasteiger partial charge in [-0.05, 0) is 37.0 Å². The number of benzene rings is 1. The number of rotatable bonds is 13. The van der Waals surface area contributed by atoms with Crippen LogP contribution in [0.4, 0.5) is 5.69 Å². The Labute approximate surface area is 194 Å². The average molecular weight is 460 g/mol. The van der Waals surface area contributed by atoms with Gasteiger partial charge in [-0.25, -0.2) is 0 Å². The van der Waals surface area contributed by atoms with Crippen molar-refractivity contribution in [2.45, 2.75) is 51.9 Å².